The van der Waals surface area contributed by atoms with Crippen molar-refractivity contribution in [1.82, 2.24) is 10.3 Å². The molecule has 1 heterocycles. The van der Waals surface area contributed by atoms with Crippen LogP contribution in [0.5, 0.6) is 0 Å². The highest BCUT2D eigenvalue weighted by Crippen LogP contribution is 2.41. The van der Waals surface area contributed by atoms with Gasteiger partial charge < -0.3 is 10.3 Å². The number of rotatable bonds is 4. The average molecular weight is 248 g/mol. The molecule has 18 heavy (non-hydrogen) atoms. The standard InChI is InChI=1S/C13H16N2O3/c1-7-3-8(7)5-11(16)9-4-10(12(17)14-2)13(18)15-6-9/h4,6-8H,3,5H2,1-2H3,(H,14,17)(H,15,18)/t7-,8+/m1/s1. The van der Waals surface area contributed by atoms with Crippen molar-refractivity contribution in [1.29, 1.82) is 0 Å². The zero-order valence-electron chi connectivity index (χ0n) is 10.4. The topological polar surface area (TPSA) is 79.0 Å². The average Bonchev–Trinajstić information content (AvgIpc) is 3.04. The molecule has 0 saturated heterocycles. The molecule has 2 atom stereocenters. The Morgan fingerprint density at radius 1 is 1.50 bits per heavy atom. The summed E-state index contributed by atoms with van der Waals surface area (Å²) in [6, 6.07) is 1.37. The first-order valence-electron chi connectivity index (χ1n) is 6.01. The van der Waals surface area contributed by atoms with Gasteiger partial charge in [-0.2, -0.15) is 0 Å². The lowest BCUT2D eigenvalue weighted by Crippen LogP contribution is -2.27. The number of nitrogens with one attached hydrogen (secondary N) is 2. The number of amides is 1. The fourth-order valence-electron chi connectivity index (χ4n) is 1.99. The van der Waals surface area contributed by atoms with E-state index in [1.165, 1.54) is 19.3 Å². The lowest BCUT2D eigenvalue weighted by Gasteiger charge is -2.03. The maximum absolute atomic E-state index is 12.0. The lowest BCUT2D eigenvalue weighted by atomic mass is 10.1. The summed E-state index contributed by atoms with van der Waals surface area (Å²) in [5.41, 5.74) is -0.106. The number of pyridine rings is 1. The van der Waals surface area contributed by atoms with E-state index in [9.17, 15) is 14.4 Å². The van der Waals surface area contributed by atoms with E-state index in [-0.39, 0.29) is 11.3 Å². The highest BCUT2D eigenvalue weighted by Gasteiger charge is 2.34. The summed E-state index contributed by atoms with van der Waals surface area (Å²) in [7, 11) is 1.45. The number of Topliss-reactive ketones (excluding diaryl/α,β-unsaturated/α-hetero) is 1. The smallest absolute Gasteiger partial charge is 0.260 e. The molecule has 1 fully saturated rings. The molecular weight excluding hydrogens is 232 g/mol. The summed E-state index contributed by atoms with van der Waals surface area (Å²) < 4.78 is 0. The molecule has 2 N–H and O–H groups in total. The Morgan fingerprint density at radius 2 is 2.17 bits per heavy atom. The van der Waals surface area contributed by atoms with Gasteiger partial charge in [-0.05, 0) is 24.3 Å². The van der Waals surface area contributed by atoms with E-state index in [4.69, 9.17) is 0 Å². The van der Waals surface area contributed by atoms with Gasteiger partial charge in [0.1, 0.15) is 5.56 Å². The normalized spacial score (nSPS) is 21.4. The van der Waals surface area contributed by atoms with Gasteiger partial charge in [0, 0.05) is 25.2 Å². The third-order valence-corrected chi connectivity index (χ3v) is 3.42. The van der Waals surface area contributed by atoms with Crippen molar-refractivity contribution in [2.24, 2.45) is 11.8 Å². The van der Waals surface area contributed by atoms with Crippen LogP contribution in [-0.2, 0) is 0 Å². The van der Waals surface area contributed by atoms with Crippen molar-refractivity contribution in [3.8, 4) is 0 Å². The summed E-state index contributed by atoms with van der Waals surface area (Å²) in [5.74, 6) is 0.555. The number of H-pyrrole nitrogens is 1. The van der Waals surface area contributed by atoms with Gasteiger partial charge >= 0.3 is 0 Å². The van der Waals surface area contributed by atoms with Crippen molar-refractivity contribution in [2.75, 3.05) is 7.05 Å². The molecule has 0 aromatic carbocycles. The molecular formula is C13H16N2O3. The predicted molar refractivity (Wildman–Crippen MR) is 66.7 cm³/mol. The minimum absolute atomic E-state index is 0.0211. The monoisotopic (exact) mass is 248 g/mol. The highest BCUT2D eigenvalue weighted by atomic mass is 16.2. The van der Waals surface area contributed by atoms with Crippen LogP contribution in [0.2, 0.25) is 0 Å². The molecule has 0 spiro atoms. The number of hydrogen-bond acceptors (Lipinski definition) is 3. The first-order chi connectivity index (χ1) is 8.52. The maximum Gasteiger partial charge on any atom is 0.260 e. The van der Waals surface area contributed by atoms with Crippen molar-refractivity contribution >= 4 is 11.7 Å². The van der Waals surface area contributed by atoms with Gasteiger partial charge in [0.15, 0.2) is 5.78 Å². The summed E-state index contributed by atoms with van der Waals surface area (Å²) in [6.07, 6.45) is 2.95. The number of ketones is 1. The van der Waals surface area contributed by atoms with Crippen LogP contribution in [-0.4, -0.2) is 23.7 Å². The Morgan fingerprint density at radius 3 is 2.72 bits per heavy atom. The minimum atomic E-state index is -0.481. The number of carbonyl (C=O) groups excluding carboxylic acids is 2. The van der Waals surface area contributed by atoms with Gasteiger partial charge in [0.25, 0.3) is 11.5 Å². The number of aromatic amines is 1. The van der Waals surface area contributed by atoms with Crippen molar-refractivity contribution < 1.29 is 9.59 Å². The third-order valence-electron chi connectivity index (χ3n) is 3.42. The molecule has 1 saturated carbocycles. The van der Waals surface area contributed by atoms with Crippen LogP contribution in [0.3, 0.4) is 0 Å². The van der Waals surface area contributed by atoms with Crippen molar-refractivity contribution in [3.63, 3.8) is 0 Å². The van der Waals surface area contributed by atoms with Crippen LogP contribution >= 0.6 is 0 Å². The fraction of sp³-hybridized carbons (Fsp3) is 0.462. The number of aromatic nitrogens is 1. The summed E-state index contributed by atoms with van der Waals surface area (Å²) in [6.45, 7) is 2.11. The number of carbonyl (C=O) groups is 2. The first-order valence-corrected chi connectivity index (χ1v) is 6.01. The maximum atomic E-state index is 12.0. The van der Waals surface area contributed by atoms with E-state index in [0.29, 0.717) is 23.8 Å². The van der Waals surface area contributed by atoms with Crippen LogP contribution in [0.1, 0.15) is 40.5 Å². The summed E-state index contributed by atoms with van der Waals surface area (Å²) in [4.78, 5) is 37.3. The van der Waals surface area contributed by atoms with Crippen LogP contribution in [0.4, 0.5) is 0 Å². The van der Waals surface area contributed by atoms with Crippen molar-refractivity contribution in [2.45, 2.75) is 19.8 Å². The molecule has 5 nitrogen and oxygen atoms in total. The molecule has 0 unspecified atom stereocenters. The molecule has 1 aromatic rings. The van der Waals surface area contributed by atoms with E-state index in [0.717, 1.165) is 6.42 Å². The molecule has 1 amide bonds. The Kier molecular flexibility index (Phi) is 3.32. The van der Waals surface area contributed by atoms with Crippen LogP contribution < -0.4 is 10.9 Å². The quantitative estimate of drug-likeness (QED) is 0.779. The number of hydrogen-bond donors (Lipinski definition) is 2. The van der Waals surface area contributed by atoms with Gasteiger partial charge in [0.05, 0.1) is 0 Å². The SMILES string of the molecule is CNC(=O)c1cc(C(=O)C[C@@H]2C[C@H]2C)c[nH]c1=O. The predicted octanol–water partition coefficient (Wildman–Crippen LogP) is 0.963. The van der Waals surface area contributed by atoms with Gasteiger partial charge in [-0.1, -0.05) is 6.92 Å². The van der Waals surface area contributed by atoms with Gasteiger partial charge in [-0.3, -0.25) is 14.4 Å². The fourth-order valence-corrected chi connectivity index (χ4v) is 1.99. The lowest BCUT2D eigenvalue weighted by molar-refractivity contribution is 0.0961. The molecule has 96 valence electrons. The van der Waals surface area contributed by atoms with Gasteiger partial charge in [-0.25, -0.2) is 0 Å². The second-order valence-corrected chi connectivity index (χ2v) is 4.81. The second-order valence-electron chi connectivity index (χ2n) is 4.81. The van der Waals surface area contributed by atoms with E-state index in [1.807, 2.05) is 0 Å². The third kappa shape index (κ3) is 2.50. The Balaban J connectivity index is 2.21. The van der Waals surface area contributed by atoms with Crippen LogP contribution in [0, 0.1) is 11.8 Å². The second kappa shape index (κ2) is 4.76. The van der Waals surface area contributed by atoms with E-state index < -0.39 is 11.5 Å². The van der Waals surface area contributed by atoms with E-state index in [2.05, 4.69) is 17.2 Å². The molecule has 0 bridgehead atoms. The zero-order chi connectivity index (χ0) is 13.3. The Bertz CT molecular complexity index is 547. The van der Waals surface area contributed by atoms with E-state index >= 15 is 0 Å². The van der Waals surface area contributed by atoms with Gasteiger partial charge in [0.2, 0.25) is 0 Å². The molecule has 5 heteroatoms. The Hall–Kier alpha value is -1.91. The first kappa shape index (κ1) is 12.5. The van der Waals surface area contributed by atoms with Crippen LogP contribution in [0.15, 0.2) is 17.1 Å². The highest BCUT2D eigenvalue weighted by molar-refractivity contribution is 6.00. The van der Waals surface area contributed by atoms with Crippen LogP contribution in [0.25, 0.3) is 0 Å². The molecule has 1 aromatic heterocycles. The molecule has 0 radical (unpaired) electrons. The van der Waals surface area contributed by atoms with E-state index in [1.54, 1.807) is 0 Å². The minimum Gasteiger partial charge on any atom is -0.355 e. The summed E-state index contributed by atoms with van der Waals surface area (Å²) in [5, 5.41) is 2.38. The molecule has 2 rings (SSSR count). The molecule has 1 aliphatic rings. The van der Waals surface area contributed by atoms with Crippen molar-refractivity contribution in [3.05, 3.63) is 33.7 Å². The summed E-state index contributed by atoms with van der Waals surface area (Å²) >= 11 is 0. The van der Waals surface area contributed by atoms with Gasteiger partial charge in [-0.15, -0.1) is 0 Å². The molecule has 1 aliphatic carbocycles. The largest absolute Gasteiger partial charge is 0.355 e. The Labute approximate surface area is 105 Å². The zero-order valence-corrected chi connectivity index (χ0v) is 10.4. The molecule has 0 aliphatic heterocycles.